The van der Waals surface area contributed by atoms with Crippen LogP contribution in [0.3, 0.4) is 0 Å². The van der Waals surface area contributed by atoms with Gasteiger partial charge in [0.1, 0.15) is 64.3 Å². The Hall–Kier alpha value is -3.51. The lowest BCUT2D eigenvalue weighted by Crippen LogP contribution is -2.60. The average Bonchev–Trinajstić information content (AvgIpc) is 3.25. The molecule has 0 spiro atoms. The first-order valence-electron chi connectivity index (χ1n) is 12.7. The van der Waals surface area contributed by atoms with E-state index in [9.17, 15) is 45.6 Å². The first-order chi connectivity index (χ1) is 19.9. The number of aromatic hydroxyl groups is 2. The molecule has 15 nitrogen and oxygen atoms in total. The fraction of sp³-hybridized carbons (Fsp3) is 0.444. The summed E-state index contributed by atoms with van der Waals surface area (Å²) in [6, 6.07) is 7.75. The second kappa shape index (κ2) is 11.6. The molecule has 15 heteroatoms. The summed E-state index contributed by atoms with van der Waals surface area (Å²) in [6.07, 6.45) is -11.2. The zero-order valence-corrected chi connectivity index (χ0v) is 22.1. The summed E-state index contributed by atoms with van der Waals surface area (Å²) in [7, 11) is 1.36. The number of phenolic OH excluding ortho intramolecular Hbond substituents is 2. The van der Waals surface area contributed by atoms with Gasteiger partial charge < -0.3 is 69.0 Å². The number of fused-ring (bicyclic) bond motifs is 1. The summed E-state index contributed by atoms with van der Waals surface area (Å²) in [6.45, 7) is -1.70. The largest absolute Gasteiger partial charge is 0.507 e. The Morgan fingerprint density at radius 1 is 0.976 bits per heavy atom. The molecule has 0 saturated carbocycles. The van der Waals surface area contributed by atoms with Crippen LogP contribution in [0.1, 0.15) is 0 Å². The zero-order valence-electron chi connectivity index (χ0n) is 22.1. The smallest absolute Gasteiger partial charge is 0.229 e. The normalized spacial score (nSPS) is 31.4. The van der Waals surface area contributed by atoms with Gasteiger partial charge in [-0.1, -0.05) is 0 Å². The van der Waals surface area contributed by atoms with Crippen LogP contribution in [0.2, 0.25) is 0 Å². The maximum absolute atomic E-state index is 12.8. The Labute approximate surface area is 236 Å². The van der Waals surface area contributed by atoms with E-state index in [1.54, 1.807) is 0 Å². The summed E-state index contributed by atoms with van der Waals surface area (Å²) in [4.78, 5) is 12.8. The van der Waals surface area contributed by atoms with Gasteiger partial charge in [-0.25, -0.2) is 0 Å². The summed E-state index contributed by atoms with van der Waals surface area (Å²) >= 11 is 0. The summed E-state index contributed by atoms with van der Waals surface area (Å²) in [5.74, 6) is -0.565. The standard InChI is InChI=1S/C27H30O15/c1-37-17-4-11(2-3-13(17)29)16-7-15(31)20-14(30)5-12(6-18(20)41-16)40-25-23(34)22(33)21(32)19(42-25)8-38-26-24(35)27(36,9-28)10-39-26/h2-7,19,21-26,28-30,32-36H,8-10H2,1H3/t19-,21+,22+,23+,24-,25-,26-,27+/m1/s1. The molecule has 3 aromatic rings. The molecule has 0 unspecified atom stereocenters. The molecule has 228 valence electrons. The fourth-order valence-corrected chi connectivity index (χ4v) is 4.69. The second-order valence-electron chi connectivity index (χ2n) is 10.0. The number of hydrogen-bond acceptors (Lipinski definition) is 15. The van der Waals surface area contributed by atoms with Gasteiger partial charge in [0.15, 0.2) is 23.2 Å². The molecule has 0 bridgehead atoms. The van der Waals surface area contributed by atoms with Crippen molar-refractivity contribution in [2.24, 2.45) is 0 Å². The minimum atomic E-state index is -1.95. The van der Waals surface area contributed by atoms with Gasteiger partial charge in [-0.3, -0.25) is 4.79 Å². The first-order valence-corrected chi connectivity index (χ1v) is 12.7. The van der Waals surface area contributed by atoms with E-state index in [0.29, 0.717) is 5.56 Å². The van der Waals surface area contributed by atoms with Gasteiger partial charge in [0.25, 0.3) is 0 Å². The highest BCUT2D eigenvalue weighted by atomic mass is 16.7. The van der Waals surface area contributed by atoms with E-state index < -0.39 is 79.7 Å². The third kappa shape index (κ3) is 5.49. The minimum absolute atomic E-state index is 0.0801. The average molecular weight is 595 g/mol. The van der Waals surface area contributed by atoms with Crippen molar-refractivity contribution in [2.75, 3.05) is 26.9 Å². The molecular formula is C27H30O15. The van der Waals surface area contributed by atoms with Crippen molar-refractivity contribution < 1.29 is 69.0 Å². The van der Waals surface area contributed by atoms with Gasteiger partial charge in [0.2, 0.25) is 6.29 Å². The van der Waals surface area contributed by atoms with Crippen LogP contribution < -0.4 is 14.9 Å². The molecule has 42 heavy (non-hydrogen) atoms. The van der Waals surface area contributed by atoms with E-state index in [1.807, 2.05) is 0 Å². The number of hydrogen-bond donors (Lipinski definition) is 8. The Morgan fingerprint density at radius 2 is 1.74 bits per heavy atom. The van der Waals surface area contributed by atoms with Gasteiger partial charge in [0, 0.05) is 23.8 Å². The van der Waals surface area contributed by atoms with E-state index in [-0.39, 0.29) is 34.0 Å². The second-order valence-corrected chi connectivity index (χ2v) is 10.0. The monoisotopic (exact) mass is 594 g/mol. The number of aliphatic hydroxyl groups excluding tert-OH is 5. The highest BCUT2D eigenvalue weighted by Crippen LogP contribution is 2.36. The third-order valence-electron chi connectivity index (χ3n) is 7.17. The summed E-state index contributed by atoms with van der Waals surface area (Å²) in [5, 5.41) is 81.1. The van der Waals surface area contributed by atoms with Crippen molar-refractivity contribution in [3.63, 3.8) is 0 Å². The lowest BCUT2D eigenvalue weighted by molar-refractivity contribution is -0.289. The van der Waals surface area contributed by atoms with Crippen LogP contribution in [-0.2, 0) is 14.2 Å². The topological polar surface area (TPSA) is 238 Å². The van der Waals surface area contributed by atoms with Crippen LogP contribution in [0.25, 0.3) is 22.3 Å². The number of rotatable bonds is 8. The predicted octanol–water partition coefficient (Wildman–Crippen LogP) is -1.48. The number of aliphatic hydroxyl groups is 6. The Kier molecular flexibility index (Phi) is 8.30. The van der Waals surface area contributed by atoms with Gasteiger partial charge in [-0.05, 0) is 18.2 Å². The SMILES string of the molecule is COc1cc(-c2cc(=O)c3c(O)cc(O[C@@H]4O[C@H](CO[C@@H]5OC[C@@](O)(CO)[C@@H]5O)[C@H](O)[C@H](O)[C@@H]4O)cc3o2)ccc1O. The van der Waals surface area contributed by atoms with E-state index in [0.717, 1.165) is 12.1 Å². The van der Waals surface area contributed by atoms with Crippen molar-refractivity contribution in [3.8, 4) is 34.3 Å². The number of phenols is 2. The molecule has 8 atom stereocenters. The van der Waals surface area contributed by atoms with Gasteiger partial charge in [-0.2, -0.15) is 0 Å². The Balaban J connectivity index is 1.37. The molecule has 8 N–H and O–H groups in total. The molecule has 2 aromatic carbocycles. The van der Waals surface area contributed by atoms with E-state index in [1.165, 1.54) is 31.4 Å². The Bertz CT molecular complexity index is 1490. The molecule has 2 aliphatic rings. The number of methoxy groups -OCH3 is 1. The highest BCUT2D eigenvalue weighted by molar-refractivity contribution is 5.86. The molecule has 0 aliphatic carbocycles. The fourth-order valence-electron chi connectivity index (χ4n) is 4.69. The summed E-state index contributed by atoms with van der Waals surface area (Å²) in [5.41, 5.74) is -2.25. The van der Waals surface area contributed by atoms with E-state index in [4.69, 9.17) is 28.1 Å². The molecule has 3 heterocycles. The molecule has 5 rings (SSSR count). The number of ether oxygens (including phenoxy) is 5. The van der Waals surface area contributed by atoms with Crippen LogP contribution in [0, 0.1) is 0 Å². The van der Waals surface area contributed by atoms with E-state index in [2.05, 4.69) is 0 Å². The van der Waals surface area contributed by atoms with Crippen molar-refractivity contribution in [2.45, 2.75) is 48.7 Å². The third-order valence-corrected chi connectivity index (χ3v) is 7.17. The van der Waals surface area contributed by atoms with Crippen molar-refractivity contribution >= 4 is 11.0 Å². The van der Waals surface area contributed by atoms with Gasteiger partial charge in [0.05, 0.1) is 26.9 Å². The predicted molar refractivity (Wildman–Crippen MR) is 139 cm³/mol. The van der Waals surface area contributed by atoms with Crippen molar-refractivity contribution in [1.29, 1.82) is 0 Å². The van der Waals surface area contributed by atoms with Crippen LogP contribution >= 0.6 is 0 Å². The van der Waals surface area contributed by atoms with Crippen molar-refractivity contribution in [1.82, 2.24) is 0 Å². The zero-order chi connectivity index (χ0) is 30.3. The van der Waals surface area contributed by atoms with Crippen LogP contribution in [0.5, 0.6) is 23.0 Å². The minimum Gasteiger partial charge on any atom is -0.507 e. The lowest BCUT2D eigenvalue weighted by Gasteiger charge is -2.40. The first kappa shape index (κ1) is 30.0. The van der Waals surface area contributed by atoms with E-state index >= 15 is 0 Å². The highest BCUT2D eigenvalue weighted by Gasteiger charge is 2.50. The number of benzene rings is 2. The maximum atomic E-state index is 12.8. The maximum Gasteiger partial charge on any atom is 0.229 e. The molecule has 2 saturated heterocycles. The molecular weight excluding hydrogens is 564 g/mol. The van der Waals surface area contributed by atoms with Crippen LogP contribution in [-0.4, -0.2) is 116 Å². The lowest BCUT2D eigenvalue weighted by atomic mass is 9.99. The molecule has 0 amide bonds. The molecule has 1 aromatic heterocycles. The van der Waals surface area contributed by atoms with Crippen molar-refractivity contribution in [3.05, 3.63) is 46.6 Å². The van der Waals surface area contributed by atoms with Crippen LogP contribution in [0.4, 0.5) is 0 Å². The molecule has 2 fully saturated rings. The molecule has 0 radical (unpaired) electrons. The van der Waals surface area contributed by atoms with Gasteiger partial charge >= 0.3 is 0 Å². The van der Waals surface area contributed by atoms with Crippen LogP contribution in [0.15, 0.2) is 45.6 Å². The summed E-state index contributed by atoms with van der Waals surface area (Å²) < 4.78 is 32.7. The molecule has 2 aliphatic heterocycles. The van der Waals surface area contributed by atoms with Gasteiger partial charge in [-0.15, -0.1) is 0 Å². The Morgan fingerprint density at radius 3 is 2.43 bits per heavy atom. The quantitative estimate of drug-likeness (QED) is 0.148.